The minimum atomic E-state index is -0.570. The van der Waals surface area contributed by atoms with Gasteiger partial charge in [0.2, 0.25) is 5.91 Å². The molecule has 4 nitrogen and oxygen atoms in total. The molecule has 0 aliphatic carbocycles. The van der Waals surface area contributed by atoms with Crippen molar-refractivity contribution < 1.29 is 9.59 Å². The van der Waals surface area contributed by atoms with Crippen molar-refractivity contribution in [1.29, 1.82) is 0 Å². The zero-order valence-electron chi connectivity index (χ0n) is 7.49. The summed E-state index contributed by atoms with van der Waals surface area (Å²) in [4.78, 5) is 21.6. The van der Waals surface area contributed by atoms with Crippen LogP contribution in [0.3, 0.4) is 0 Å². The first kappa shape index (κ1) is 9.51. The van der Waals surface area contributed by atoms with Gasteiger partial charge in [-0.15, -0.1) is 0 Å². The molecule has 0 saturated heterocycles. The van der Waals surface area contributed by atoms with Crippen molar-refractivity contribution >= 4 is 11.7 Å². The van der Waals surface area contributed by atoms with Gasteiger partial charge in [0.05, 0.1) is 6.42 Å². The van der Waals surface area contributed by atoms with Gasteiger partial charge in [-0.05, 0) is 12.1 Å². The van der Waals surface area contributed by atoms with E-state index >= 15 is 0 Å². The lowest BCUT2D eigenvalue weighted by Gasteiger charge is -2.00. The molecule has 1 heterocycles. The lowest BCUT2D eigenvalue weighted by atomic mass is 10.1. The Morgan fingerprint density at radius 1 is 1.54 bits per heavy atom. The topological polar surface area (TPSA) is 65.1 Å². The fourth-order valence-corrected chi connectivity index (χ4v) is 1.14. The molecule has 2 N–H and O–H groups in total. The quantitative estimate of drug-likeness (QED) is 0.663. The molecule has 0 unspecified atom stereocenters. The van der Waals surface area contributed by atoms with E-state index in [4.69, 9.17) is 5.73 Å². The predicted molar refractivity (Wildman–Crippen MR) is 47.9 cm³/mol. The Morgan fingerprint density at radius 2 is 2.23 bits per heavy atom. The molecule has 1 rings (SSSR count). The lowest BCUT2D eigenvalue weighted by molar-refractivity contribution is -0.126. The summed E-state index contributed by atoms with van der Waals surface area (Å²) in [5, 5.41) is 0. The minimum Gasteiger partial charge on any atom is -0.369 e. The van der Waals surface area contributed by atoms with Crippen molar-refractivity contribution in [3.63, 3.8) is 0 Å². The van der Waals surface area contributed by atoms with Crippen LogP contribution in [0, 0.1) is 0 Å². The van der Waals surface area contributed by atoms with Crippen molar-refractivity contribution in [2.75, 3.05) is 0 Å². The largest absolute Gasteiger partial charge is 0.369 e. The van der Waals surface area contributed by atoms with Crippen LogP contribution in [0.5, 0.6) is 0 Å². The summed E-state index contributed by atoms with van der Waals surface area (Å²) in [7, 11) is 1.85. The summed E-state index contributed by atoms with van der Waals surface area (Å²) < 4.78 is 1.85. The van der Waals surface area contributed by atoms with Gasteiger partial charge in [0.25, 0.3) is 0 Å². The number of nitrogens with zero attached hydrogens (tertiary/aromatic N) is 1. The third kappa shape index (κ3) is 2.74. The Labute approximate surface area is 76.3 Å². The third-order valence-corrected chi connectivity index (χ3v) is 1.80. The number of hydrogen-bond acceptors (Lipinski definition) is 2. The average molecular weight is 180 g/mol. The molecule has 13 heavy (non-hydrogen) atoms. The van der Waals surface area contributed by atoms with E-state index in [-0.39, 0.29) is 18.6 Å². The van der Waals surface area contributed by atoms with Crippen LogP contribution in [-0.2, 0) is 23.1 Å². The molecule has 1 aromatic heterocycles. The number of ketones is 1. The van der Waals surface area contributed by atoms with Crippen LogP contribution in [0.15, 0.2) is 18.3 Å². The second-order valence-corrected chi connectivity index (χ2v) is 2.97. The lowest BCUT2D eigenvalue weighted by Crippen LogP contribution is -2.18. The van der Waals surface area contributed by atoms with Gasteiger partial charge in [-0.25, -0.2) is 0 Å². The molecule has 1 amide bonds. The van der Waals surface area contributed by atoms with Crippen LogP contribution in [0.4, 0.5) is 0 Å². The Bertz CT molecular complexity index is 328. The fourth-order valence-electron chi connectivity index (χ4n) is 1.14. The number of primary amides is 1. The number of Topliss-reactive ketones (excluding diaryl/α,β-unsaturated/α-hetero) is 1. The van der Waals surface area contributed by atoms with Gasteiger partial charge >= 0.3 is 0 Å². The summed E-state index contributed by atoms with van der Waals surface area (Å²) in [5.41, 5.74) is 5.79. The molecule has 1 aromatic rings. The number of carbonyl (C=O) groups excluding carboxylic acids is 2. The molecule has 0 spiro atoms. The number of aryl methyl sites for hydroxylation is 1. The molecule has 4 heteroatoms. The van der Waals surface area contributed by atoms with Crippen LogP contribution in [-0.4, -0.2) is 16.3 Å². The number of hydrogen-bond donors (Lipinski definition) is 1. The molecule has 0 fully saturated rings. The Balaban J connectivity index is 2.55. The highest BCUT2D eigenvalue weighted by molar-refractivity contribution is 5.98. The van der Waals surface area contributed by atoms with Crippen LogP contribution in [0.25, 0.3) is 0 Å². The maximum atomic E-state index is 11.2. The highest BCUT2D eigenvalue weighted by Crippen LogP contribution is 2.02. The van der Waals surface area contributed by atoms with E-state index in [9.17, 15) is 9.59 Å². The van der Waals surface area contributed by atoms with Crippen molar-refractivity contribution in [3.8, 4) is 0 Å². The molecule has 0 bridgehead atoms. The molecule has 0 atom stereocenters. The van der Waals surface area contributed by atoms with E-state index in [1.807, 2.05) is 29.9 Å². The van der Waals surface area contributed by atoms with Gasteiger partial charge in [-0.3, -0.25) is 9.59 Å². The molecule has 0 radical (unpaired) electrons. The highest BCUT2D eigenvalue weighted by Gasteiger charge is 2.08. The predicted octanol–water partition coefficient (Wildman–Crippen LogP) is 0.0121. The number of nitrogens with two attached hydrogens (primary N) is 1. The van der Waals surface area contributed by atoms with Crippen molar-refractivity contribution in [2.45, 2.75) is 12.8 Å². The van der Waals surface area contributed by atoms with Gasteiger partial charge in [-0.1, -0.05) is 0 Å². The Morgan fingerprint density at radius 3 is 2.69 bits per heavy atom. The SMILES string of the molecule is Cn1cccc1CC(=O)CC(N)=O. The summed E-state index contributed by atoms with van der Waals surface area (Å²) in [6, 6.07) is 3.70. The van der Waals surface area contributed by atoms with Crippen LogP contribution < -0.4 is 5.73 Å². The van der Waals surface area contributed by atoms with Crippen LogP contribution in [0.1, 0.15) is 12.1 Å². The second kappa shape index (κ2) is 3.89. The van der Waals surface area contributed by atoms with Gasteiger partial charge < -0.3 is 10.3 Å². The summed E-state index contributed by atoms with van der Waals surface area (Å²) in [6.45, 7) is 0. The highest BCUT2D eigenvalue weighted by atomic mass is 16.2. The summed E-state index contributed by atoms with van der Waals surface area (Å²) >= 11 is 0. The second-order valence-electron chi connectivity index (χ2n) is 2.97. The van der Waals surface area contributed by atoms with E-state index in [1.165, 1.54) is 0 Å². The van der Waals surface area contributed by atoms with Crippen molar-refractivity contribution in [1.82, 2.24) is 4.57 Å². The summed E-state index contributed by atoms with van der Waals surface area (Å²) in [6.07, 6.45) is 1.95. The third-order valence-electron chi connectivity index (χ3n) is 1.80. The smallest absolute Gasteiger partial charge is 0.224 e. The van der Waals surface area contributed by atoms with Crippen LogP contribution >= 0.6 is 0 Å². The molecular formula is C9H12N2O2. The maximum absolute atomic E-state index is 11.2. The Kier molecular flexibility index (Phi) is 2.84. The number of aromatic nitrogens is 1. The van der Waals surface area contributed by atoms with Crippen LogP contribution in [0.2, 0.25) is 0 Å². The van der Waals surface area contributed by atoms with Gasteiger partial charge in [-0.2, -0.15) is 0 Å². The average Bonchev–Trinajstić information content (AvgIpc) is 2.34. The van der Waals surface area contributed by atoms with E-state index in [0.717, 1.165) is 5.69 Å². The monoisotopic (exact) mass is 180 g/mol. The minimum absolute atomic E-state index is 0.144. The molecule has 0 aliphatic rings. The first-order chi connectivity index (χ1) is 6.09. The van der Waals surface area contributed by atoms with E-state index in [1.54, 1.807) is 0 Å². The standard InChI is InChI=1S/C9H12N2O2/c1-11-4-2-3-7(11)5-8(12)6-9(10)13/h2-4H,5-6H2,1H3,(H2,10,13). The van der Waals surface area contributed by atoms with E-state index in [0.29, 0.717) is 0 Å². The van der Waals surface area contributed by atoms with E-state index in [2.05, 4.69) is 0 Å². The molecule has 0 saturated carbocycles. The normalized spacial score (nSPS) is 9.92. The van der Waals surface area contributed by atoms with Gasteiger partial charge in [0, 0.05) is 25.4 Å². The fraction of sp³-hybridized carbons (Fsp3) is 0.333. The van der Waals surface area contributed by atoms with Crippen molar-refractivity contribution in [2.24, 2.45) is 12.8 Å². The molecule has 0 aromatic carbocycles. The van der Waals surface area contributed by atoms with Crippen molar-refractivity contribution in [3.05, 3.63) is 24.0 Å². The Hall–Kier alpha value is -1.58. The number of rotatable bonds is 4. The molecule has 70 valence electrons. The zero-order chi connectivity index (χ0) is 9.84. The number of amides is 1. The maximum Gasteiger partial charge on any atom is 0.224 e. The number of carbonyl (C=O) groups is 2. The van der Waals surface area contributed by atoms with Gasteiger partial charge in [0.1, 0.15) is 5.78 Å². The zero-order valence-corrected chi connectivity index (χ0v) is 7.49. The van der Waals surface area contributed by atoms with Gasteiger partial charge in [0.15, 0.2) is 0 Å². The van der Waals surface area contributed by atoms with E-state index < -0.39 is 5.91 Å². The molecule has 0 aliphatic heterocycles. The summed E-state index contributed by atoms with van der Waals surface area (Å²) in [5.74, 6) is -0.714. The molecular weight excluding hydrogens is 168 g/mol. The first-order valence-electron chi connectivity index (χ1n) is 4.00. The first-order valence-corrected chi connectivity index (χ1v) is 4.00.